The van der Waals surface area contributed by atoms with Crippen LogP contribution < -0.4 is 11.3 Å². The van der Waals surface area contributed by atoms with Gasteiger partial charge in [-0.2, -0.15) is 0 Å². The monoisotopic (exact) mass is 307 g/mol. The number of hydrogen-bond donors (Lipinski definition) is 2. The molecule has 0 amide bonds. The van der Waals surface area contributed by atoms with Crippen molar-refractivity contribution < 1.29 is 9.47 Å². The van der Waals surface area contributed by atoms with Gasteiger partial charge in [0.15, 0.2) is 0 Å². The zero-order valence-electron chi connectivity index (χ0n) is 12.2. The molecule has 3 N–H and O–H groups in total. The first-order valence-electron chi connectivity index (χ1n) is 7.21. The molecule has 5 nitrogen and oxygen atoms in total. The smallest absolute Gasteiger partial charge is 0.0955 e. The molecule has 1 aromatic heterocycles. The molecule has 0 saturated carbocycles. The maximum Gasteiger partial charge on any atom is 0.0955 e. The average molecular weight is 307 g/mol. The predicted molar refractivity (Wildman–Crippen MR) is 84.2 cm³/mol. The standard InChI is InChI=1S/C15H21N3O2S/c1-19-15(6-8-20-9-7-15)13(18-16)10-14-17-11-4-2-3-5-12(11)21-14/h2-5,13,18H,6-10,16H2,1H3. The van der Waals surface area contributed by atoms with E-state index in [1.807, 2.05) is 18.2 Å². The lowest BCUT2D eigenvalue weighted by atomic mass is 9.84. The Labute approximate surface area is 128 Å². The maximum absolute atomic E-state index is 5.83. The SMILES string of the molecule is COC1(C(Cc2nc3ccccc3s2)NN)CCOCC1. The van der Waals surface area contributed by atoms with Gasteiger partial charge in [-0.15, -0.1) is 11.3 Å². The fourth-order valence-corrected chi connectivity index (χ4v) is 4.00. The minimum absolute atomic E-state index is 0.0342. The summed E-state index contributed by atoms with van der Waals surface area (Å²) in [6.45, 7) is 1.43. The third-order valence-corrected chi connectivity index (χ3v) is 5.36. The van der Waals surface area contributed by atoms with Crippen molar-refractivity contribution >= 4 is 21.6 Å². The number of rotatable bonds is 5. The van der Waals surface area contributed by atoms with Crippen LogP contribution in [0.4, 0.5) is 0 Å². The molecule has 1 aromatic carbocycles. The van der Waals surface area contributed by atoms with Crippen molar-refractivity contribution in [1.82, 2.24) is 10.4 Å². The number of methoxy groups -OCH3 is 1. The summed E-state index contributed by atoms with van der Waals surface area (Å²) < 4.78 is 12.5. The lowest BCUT2D eigenvalue weighted by Crippen LogP contribution is -2.58. The normalized spacial score (nSPS) is 19.7. The Morgan fingerprint density at radius 1 is 1.43 bits per heavy atom. The highest BCUT2D eigenvalue weighted by molar-refractivity contribution is 7.18. The minimum Gasteiger partial charge on any atom is -0.381 e. The molecule has 21 heavy (non-hydrogen) atoms. The van der Waals surface area contributed by atoms with Crippen LogP contribution in [0.3, 0.4) is 0 Å². The van der Waals surface area contributed by atoms with Crippen LogP contribution in [0, 0.1) is 0 Å². The van der Waals surface area contributed by atoms with E-state index in [1.165, 1.54) is 4.70 Å². The topological polar surface area (TPSA) is 69.4 Å². The molecule has 1 aliphatic rings. The van der Waals surface area contributed by atoms with E-state index in [9.17, 15) is 0 Å². The van der Waals surface area contributed by atoms with Crippen LogP contribution in [-0.4, -0.2) is 37.0 Å². The number of para-hydroxylation sites is 1. The summed E-state index contributed by atoms with van der Waals surface area (Å²) in [5.74, 6) is 5.81. The van der Waals surface area contributed by atoms with Crippen LogP contribution in [0.2, 0.25) is 0 Å². The molecule has 0 aliphatic carbocycles. The van der Waals surface area contributed by atoms with Crippen molar-refractivity contribution in [3.8, 4) is 0 Å². The summed E-state index contributed by atoms with van der Waals surface area (Å²) in [5, 5.41) is 1.09. The molecule has 0 bridgehead atoms. The van der Waals surface area contributed by atoms with Gasteiger partial charge in [-0.1, -0.05) is 12.1 Å². The second-order valence-electron chi connectivity index (χ2n) is 5.38. The molecule has 1 unspecified atom stereocenters. The molecule has 0 radical (unpaired) electrons. The van der Waals surface area contributed by atoms with Crippen LogP contribution >= 0.6 is 11.3 Å². The molecule has 1 fully saturated rings. The first kappa shape index (κ1) is 14.9. The van der Waals surface area contributed by atoms with Gasteiger partial charge in [-0.25, -0.2) is 4.98 Å². The van der Waals surface area contributed by atoms with Crippen LogP contribution in [0.25, 0.3) is 10.2 Å². The van der Waals surface area contributed by atoms with Gasteiger partial charge >= 0.3 is 0 Å². The number of aromatic nitrogens is 1. The fraction of sp³-hybridized carbons (Fsp3) is 0.533. The number of thiazole rings is 1. The van der Waals surface area contributed by atoms with Crippen LogP contribution in [0.5, 0.6) is 0 Å². The molecule has 1 aliphatic heterocycles. The van der Waals surface area contributed by atoms with Gasteiger partial charge in [-0.3, -0.25) is 11.3 Å². The van der Waals surface area contributed by atoms with Gasteiger partial charge in [-0.05, 0) is 12.1 Å². The Morgan fingerprint density at radius 2 is 2.19 bits per heavy atom. The molecule has 3 rings (SSSR count). The Hall–Kier alpha value is -1.05. The van der Waals surface area contributed by atoms with Crippen molar-refractivity contribution in [2.45, 2.75) is 30.9 Å². The highest BCUT2D eigenvalue weighted by atomic mass is 32.1. The summed E-state index contributed by atoms with van der Waals surface area (Å²) in [4.78, 5) is 4.70. The molecule has 1 saturated heterocycles. The van der Waals surface area contributed by atoms with Gasteiger partial charge in [0.05, 0.1) is 26.9 Å². The van der Waals surface area contributed by atoms with E-state index in [2.05, 4.69) is 11.5 Å². The molecular formula is C15H21N3O2S. The van der Waals surface area contributed by atoms with Gasteiger partial charge in [0.25, 0.3) is 0 Å². The molecule has 114 valence electrons. The van der Waals surface area contributed by atoms with Gasteiger partial charge < -0.3 is 9.47 Å². The number of hydrazine groups is 1. The Balaban J connectivity index is 1.82. The summed E-state index contributed by atoms with van der Waals surface area (Å²) >= 11 is 1.72. The van der Waals surface area contributed by atoms with Crippen molar-refractivity contribution in [3.63, 3.8) is 0 Å². The zero-order chi connectivity index (χ0) is 14.7. The molecule has 0 spiro atoms. The number of fused-ring (bicyclic) bond motifs is 1. The highest BCUT2D eigenvalue weighted by Crippen LogP contribution is 2.31. The number of ether oxygens (including phenoxy) is 2. The van der Waals surface area contributed by atoms with Crippen molar-refractivity contribution in [3.05, 3.63) is 29.3 Å². The second-order valence-corrected chi connectivity index (χ2v) is 6.50. The first-order chi connectivity index (χ1) is 10.3. The van der Waals surface area contributed by atoms with Crippen molar-refractivity contribution in [2.24, 2.45) is 5.84 Å². The lowest BCUT2D eigenvalue weighted by molar-refractivity contribution is -0.110. The van der Waals surface area contributed by atoms with Crippen LogP contribution in [0.1, 0.15) is 17.8 Å². The third-order valence-electron chi connectivity index (χ3n) is 4.30. The van der Waals surface area contributed by atoms with Gasteiger partial charge in [0.1, 0.15) is 0 Å². The number of hydrogen-bond acceptors (Lipinski definition) is 6. The second kappa shape index (κ2) is 6.37. The highest BCUT2D eigenvalue weighted by Gasteiger charge is 2.40. The first-order valence-corrected chi connectivity index (χ1v) is 8.02. The number of nitrogens with one attached hydrogen (secondary N) is 1. The van der Waals surface area contributed by atoms with Gasteiger partial charge in [0.2, 0.25) is 0 Å². The molecular weight excluding hydrogens is 286 g/mol. The van der Waals surface area contributed by atoms with Gasteiger partial charge in [0, 0.05) is 39.6 Å². The predicted octanol–water partition coefficient (Wildman–Crippen LogP) is 1.87. The van der Waals surface area contributed by atoms with Crippen LogP contribution in [-0.2, 0) is 15.9 Å². The number of nitrogens with two attached hydrogens (primary N) is 1. The Kier molecular flexibility index (Phi) is 4.51. The quantitative estimate of drug-likeness (QED) is 0.652. The zero-order valence-corrected chi connectivity index (χ0v) is 13.0. The molecule has 1 atom stereocenters. The minimum atomic E-state index is -0.273. The van der Waals surface area contributed by atoms with Crippen molar-refractivity contribution in [1.29, 1.82) is 0 Å². The van der Waals surface area contributed by atoms with E-state index in [4.69, 9.17) is 20.3 Å². The maximum atomic E-state index is 5.83. The number of nitrogens with zero attached hydrogens (tertiary/aromatic N) is 1. The van der Waals surface area contributed by atoms with E-state index >= 15 is 0 Å². The van der Waals surface area contributed by atoms with Crippen molar-refractivity contribution in [2.75, 3.05) is 20.3 Å². The Morgan fingerprint density at radius 3 is 2.86 bits per heavy atom. The summed E-state index contributed by atoms with van der Waals surface area (Å²) in [7, 11) is 1.76. The summed E-state index contributed by atoms with van der Waals surface area (Å²) in [5.41, 5.74) is 3.72. The molecule has 6 heteroatoms. The fourth-order valence-electron chi connectivity index (χ4n) is 2.99. The van der Waals surface area contributed by atoms with E-state index in [-0.39, 0.29) is 11.6 Å². The molecule has 2 heterocycles. The molecule has 2 aromatic rings. The van der Waals surface area contributed by atoms with E-state index in [0.29, 0.717) is 13.2 Å². The largest absolute Gasteiger partial charge is 0.381 e. The van der Waals surface area contributed by atoms with E-state index in [1.54, 1.807) is 18.4 Å². The average Bonchev–Trinajstić information content (AvgIpc) is 2.95. The van der Waals surface area contributed by atoms with E-state index in [0.717, 1.165) is 29.8 Å². The summed E-state index contributed by atoms with van der Waals surface area (Å²) in [6.07, 6.45) is 2.47. The number of benzene rings is 1. The van der Waals surface area contributed by atoms with E-state index < -0.39 is 0 Å². The Bertz CT molecular complexity index is 562. The third kappa shape index (κ3) is 2.95. The summed E-state index contributed by atoms with van der Waals surface area (Å²) in [6, 6.07) is 8.23. The lowest BCUT2D eigenvalue weighted by Gasteiger charge is -2.41. The van der Waals surface area contributed by atoms with Crippen LogP contribution in [0.15, 0.2) is 24.3 Å².